The maximum Gasteiger partial charge on any atom is 0.262 e. The van der Waals surface area contributed by atoms with E-state index >= 15 is 0 Å². The van der Waals surface area contributed by atoms with Crippen molar-refractivity contribution in [2.45, 2.75) is 0 Å². The topological polar surface area (TPSA) is 79.4 Å². The number of rotatable bonds is 5. The Labute approximate surface area is 193 Å². The third-order valence-corrected chi connectivity index (χ3v) is 5.67. The Hall–Kier alpha value is -4.10. The average Bonchev–Trinajstić information content (AvgIpc) is 3.34. The first-order valence-corrected chi connectivity index (χ1v) is 10.4. The highest BCUT2D eigenvalue weighted by molar-refractivity contribution is 6.33. The molecule has 0 fully saturated rings. The van der Waals surface area contributed by atoms with Crippen molar-refractivity contribution in [1.29, 1.82) is 0 Å². The van der Waals surface area contributed by atoms with Gasteiger partial charge in [0.1, 0.15) is 0 Å². The minimum Gasteiger partial charge on any atom is -0.493 e. The van der Waals surface area contributed by atoms with Gasteiger partial charge in [0, 0.05) is 28.6 Å². The fourth-order valence-corrected chi connectivity index (χ4v) is 3.93. The van der Waals surface area contributed by atoms with Gasteiger partial charge in [0.15, 0.2) is 11.5 Å². The monoisotopic (exact) mass is 459 g/mol. The lowest BCUT2D eigenvalue weighted by Gasteiger charge is -2.13. The van der Waals surface area contributed by atoms with Crippen LogP contribution < -0.4 is 15.0 Å². The second-order valence-corrected chi connectivity index (χ2v) is 7.61. The van der Waals surface area contributed by atoms with E-state index in [1.165, 1.54) is 4.57 Å². The van der Waals surface area contributed by atoms with Crippen LogP contribution in [-0.2, 0) is 0 Å². The third kappa shape index (κ3) is 3.62. The molecule has 0 bridgehead atoms. The number of fused-ring (bicyclic) bond motifs is 1. The highest BCUT2D eigenvalue weighted by Gasteiger charge is 2.19. The van der Waals surface area contributed by atoms with Crippen LogP contribution in [0.3, 0.4) is 0 Å². The van der Waals surface area contributed by atoms with Gasteiger partial charge in [-0.15, -0.1) is 0 Å². The van der Waals surface area contributed by atoms with Crippen molar-refractivity contribution in [2.24, 2.45) is 0 Å². The second-order valence-electron chi connectivity index (χ2n) is 7.21. The van der Waals surface area contributed by atoms with Crippen LogP contribution in [0, 0.1) is 0 Å². The highest BCUT2D eigenvalue weighted by Crippen LogP contribution is 2.32. The zero-order chi connectivity index (χ0) is 22.9. The van der Waals surface area contributed by atoms with Crippen molar-refractivity contribution >= 4 is 22.4 Å². The van der Waals surface area contributed by atoms with E-state index in [1.54, 1.807) is 50.7 Å². The molecule has 0 saturated heterocycles. The molecule has 7 nitrogen and oxygen atoms in total. The maximum atomic E-state index is 13.3. The van der Waals surface area contributed by atoms with Gasteiger partial charge in [0.05, 0.1) is 30.5 Å². The van der Waals surface area contributed by atoms with Crippen LogP contribution in [0.25, 0.3) is 39.3 Å². The molecular weight excluding hydrogens is 442 g/mol. The summed E-state index contributed by atoms with van der Waals surface area (Å²) in [6, 6.07) is 19.8. The molecule has 5 aromatic rings. The number of aromatic nitrogens is 3. The van der Waals surface area contributed by atoms with E-state index in [9.17, 15) is 4.79 Å². The van der Waals surface area contributed by atoms with E-state index in [-0.39, 0.29) is 11.4 Å². The summed E-state index contributed by atoms with van der Waals surface area (Å²) in [5, 5.41) is 5.85. The molecule has 0 atom stereocenters. The number of hydrogen-bond acceptors (Lipinski definition) is 6. The van der Waals surface area contributed by atoms with Crippen LogP contribution in [0.1, 0.15) is 0 Å². The first-order valence-electron chi connectivity index (χ1n) is 10.1. The molecule has 0 radical (unpaired) electrons. The molecule has 0 amide bonds. The van der Waals surface area contributed by atoms with Crippen LogP contribution in [0.5, 0.6) is 11.5 Å². The van der Waals surface area contributed by atoms with Gasteiger partial charge < -0.3 is 14.0 Å². The van der Waals surface area contributed by atoms with E-state index in [1.807, 2.05) is 36.4 Å². The van der Waals surface area contributed by atoms with Gasteiger partial charge in [0.25, 0.3) is 11.4 Å². The normalized spacial score (nSPS) is 11.0. The fraction of sp³-hybridized carbons (Fsp3) is 0.0800. The number of hydrogen-bond donors (Lipinski definition) is 0. The number of nitrogens with zero attached hydrogens (tertiary/aromatic N) is 3. The summed E-state index contributed by atoms with van der Waals surface area (Å²) in [4.78, 5) is 17.9. The summed E-state index contributed by atoms with van der Waals surface area (Å²) in [7, 11) is 3.11. The fourth-order valence-electron chi connectivity index (χ4n) is 3.71. The summed E-state index contributed by atoms with van der Waals surface area (Å²) < 4.78 is 17.9. The van der Waals surface area contributed by atoms with Gasteiger partial charge in [0.2, 0.25) is 5.82 Å². The minimum atomic E-state index is -0.188. The summed E-state index contributed by atoms with van der Waals surface area (Å²) in [6.07, 6.45) is 1.69. The Balaban J connectivity index is 1.72. The molecule has 0 aliphatic heterocycles. The van der Waals surface area contributed by atoms with E-state index < -0.39 is 0 Å². The van der Waals surface area contributed by atoms with Crippen LogP contribution >= 0.6 is 11.6 Å². The molecule has 0 aliphatic carbocycles. The number of ether oxygens (including phenoxy) is 2. The Kier molecular flexibility index (Phi) is 5.32. The summed E-state index contributed by atoms with van der Waals surface area (Å²) in [5.41, 5.74) is 1.69. The molecule has 2 aromatic heterocycles. The molecule has 0 saturated carbocycles. The lowest BCUT2D eigenvalue weighted by Crippen LogP contribution is -2.18. The van der Waals surface area contributed by atoms with Crippen LogP contribution in [0.2, 0.25) is 5.02 Å². The first kappa shape index (κ1) is 20.8. The number of benzene rings is 3. The molecule has 8 heteroatoms. The molecule has 2 heterocycles. The predicted molar refractivity (Wildman–Crippen MR) is 126 cm³/mol. The van der Waals surface area contributed by atoms with Crippen LogP contribution in [0.4, 0.5) is 0 Å². The Morgan fingerprint density at radius 3 is 2.36 bits per heavy atom. The van der Waals surface area contributed by atoms with Gasteiger partial charge in [-0.2, -0.15) is 4.98 Å². The zero-order valence-corrected chi connectivity index (χ0v) is 18.5. The van der Waals surface area contributed by atoms with E-state index in [0.29, 0.717) is 49.9 Å². The second kappa shape index (κ2) is 8.44. The summed E-state index contributed by atoms with van der Waals surface area (Å²) >= 11 is 6.30. The Morgan fingerprint density at radius 2 is 1.61 bits per heavy atom. The van der Waals surface area contributed by atoms with Crippen molar-refractivity contribution in [2.75, 3.05) is 14.2 Å². The molecular formula is C25H18ClN3O4. The maximum absolute atomic E-state index is 13.3. The van der Waals surface area contributed by atoms with Gasteiger partial charge in [-0.3, -0.25) is 9.36 Å². The number of pyridine rings is 1. The summed E-state index contributed by atoms with van der Waals surface area (Å²) in [6.45, 7) is 0. The van der Waals surface area contributed by atoms with Crippen molar-refractivity contribution in [3.8, 4) is 40.0 Å². The Morgan fingerprint density at radius 1 is 0.879 bits per heavy atom. The highest BCUT2D eigenvalue weighted by atomic mass is 35.5. The molecule has 0 aliphatic rings. The van der Waals surface area contributed by atoms with E-state index in [0.717, 1.165) is 0 Å². The predicted octanol–water partition coefficient (Wildman–Crippen LogP) is 5.38. The third-order valence-electron chi connectivity index (χ3n) is 5.34. The summed E-state index contributed by atoms with van der Waals surface area (Å²) in [5.74, 6) is 1.71. The van der Waals surface area contributed by atoms with Crippen molar-refractivity contribution in [3.63, 3.8) is 0 Å². The molecule has 0 unspecified atom stereocenters. The lowest BCUT2D eigenvalue weighted by atomic mass is 10.1. The molecule has 164 valence electrons. The molecule has 5 rings (SSSR count). The van der Waals surface area contributed by atoms with E-state index in [2.05, 4.69) is 10.1 Å². The number of methoxy groups -OCH3 is 2. The first-order chi connectivity index (χ1) is 16.1. The van der Waals surface area contributed by atoms with Gasteiger partial charge in [-0.25, -0.2) is 0 Å². The average molecular weight is 460 g/mol. The van der Waals surface area contributed by atoms with Crippen LogP contribution in [-0.4, -0.2) is 28.9 Å². The van der Waals surface area contributed by atoms with Gasteiger partial charge in [-0.05, 0) is 30.3 Å². The molecule has 0 N–H and O–H groups in total. The Bertz CT molecular complexity index is 1540. The van der Waals surface area contributed by atoms with Crippen LogP contribution in [0.15, 0.2) is 82.2 Å². The van der Waals surface area contributed by atoms with Gasteiger partial charge in [-0.1, -0.05) is 47.1 Å². The lowest BCUT2D eigenvalue weighted by molar-refractivity contribution is 0.355. The molecule has 0 spiro atoms. The molecule has 3 aromatic carbocycles. The SMILES string of the molecule is COc1ccc(-n2cc(-c3nc(-c4ccccc4Cl)no3)c3ccccc3c2=O)cc1OC. The molecule has 33 heavy (non-hydrogen) atoms. The van der Waals surface area contributed by atoms with Crippen molar-refractivity contribution < 1.29 is 14.0 Å². The smallest absolute Gasteiger partial charge is 0.262 e. The number of halogens is 1. The van der Waals surface area contributed by atoms with Crippen molar-refractivity contribution in [1.82, 2.24) is 14.7 Å². The van der Waals surface area contributed by atoms with Crippen molar-refractivity contribution in [3.05, 3.63) is 88.3 Å². The quantitative estimate of drug-likeness (QED) is 0.351. The largest absolute Gasteiger partial charge is 0.493 e. The standard InChI is InChI=1S/C25H18ClN3O4/c1-31-21-12-11-15(13-22(21)32-2)29-14-19(16-7-3-4-8-17(16)25(29)30)24-27-23(28-33-24)18-9-5-6-10-20(18)26/h3-14H,1-2H3. The minimum absolute atomic E-state index is 0.188. The van der Waals surface area contributed by atoms with E-state index in [4.69, 9.17) is 25.6 Å². The zero-order valence-electron chi connectivity index (χ0n) is 17.8. The van der Waals surface area contributed by atoms with Gasteiger partial charge >= 0.3 is 0 Å².